The zero-order chi connectivity index (χ0) is 18.9. The third kappa shape index (κ3) is 4.96. The lowest BCUT2D eigenvalue weighted by Crippen LogP contribution is -2.70. The molecule has 2 bridgehead atoms. The predicted molar refractivity (Wildman–Crippen MR) is 103 cm³/mol. The van der Waals surface area contributed by atoms with E-state index in [1.807, 2.05) is 32.9 Å². The van der Waals surface area contributed by atoms with Crippen molar-refractivity contribution in [3.05, 3.63) is 29.3 Å². The molecule has 1 aromatic carbocycles. The first kappa shape index (κ1) is 19.1. The van der Waals surface area contributed by atoms with Crippen LogP contribution in [0.25, 0.3) is 0 Å². The van der Waals surface area contributed by atoms with Gasteiger partial charge in [0.1, 0.15) is 0 Å². The number of nitrogens with zero attached hydrogens (tertiary/aromatic N) is 2. The van der Waals surface area contributed by atoms with Gasteiger partial charge in [0, 0.05) is 41.4 Å². The molecule has 7 heteroatoms. The molecule has 0 radical (unpaired) electrons. The molecule has 3 heterocycles. The van der Waals surface area contributed by atoms with Gasteiger partial charge in [-0.15, -0.1) is 0 Å². The number of carbonyl (C=O) groups excluding carboxylic acids is 2. The molecule has 142 valence electrons. The number of nitrogens with one attached hydrogen (secondary N) is 2. The molecule has 2 N–H and O–H groups in total. The van der Waals surface area contributed by atoms with Gasteiger partial charge < -0.3 is 10.6 Å². The molecule has 2 unspecified atom stereocenters. The molecule has 3 saturated heterocycles. The van der Waals surface area contributed by atoms with Crippen molar-refractivity contribution in [1.82, 2.24) is 15.1 Å². The average molecular weight is 379 g/mol. The summed E-state index contributed by atoms with van der Waals surface area (Å²) < 4.78 is 0. The lowest BCUT2D eigenvalue weighted by atomic mass is 9.87. The summed E-state index contributed by atoms with van der Waals surface area (Å²) in [5.41, 5.74) is 0.506. The van der Waals surface area contributed by atoms with Crippen LogP contribution in [0.1, 0.15) is 27.2 Å². The molecule has 3 aliphatic heterocycles. The molecule has 6 nitrogen and oxygen atoms in total. The van der Waals surface area contributed by atoms with Crippen LogP contribution in [0, 0.1) is 0 Å². The standard InChI is InChI=1S/C19H27ClN4O2/c1-19(2,3)22-18(26)12-24-15-8-16(24)10-23(9-15)11-17(25)21-14-6-4-5-13(20)7-14/h4-7,15-16H,8-12H2,1-3H3,(H,21,25)(H,22,26). The summed E-state index contributed by atoms with van der Waals surface area (Å²) in [6.07, 6.45) is 1.11. The number of hydrogen-bond donors (Lipinski definition) is 2. The highest BCUT2D eigenvalue weighted by Gasteiger charge is 2.45. The summed E-state index contributed by atoms with van der Waals surface area (Å²) in [5, 5.41) is 6.50. The van der Waals surface area contributed by atoms with Crippen molar-refractivity contribution >= 4 is 29.1 Å². The number of piperazine rings is 1. The van der Waals surface area contributed by atoms with Gasteiger partial charge >= 0.3 is 0 Å². The van der Waals surface area contributed by atoms with E-state index in [9.17, 15) is 9.59 Å². The Morgan fingerprint density at radius 1 is 1.15 bits per heavy atom. The van der Waals surface area contributed by atoms with E-state index in [0.717, 1.165) is 19.5 Å². The summed E-state index contributed by atoms with van der Waals surface area (Å²) in [5.74, 6) is 0.0324. The molecule has 0 saturated carbocycles. The maximum absolute atomic E-state index is 12.3. The van der Waals surface area contributed by atoms with E-state index in [-0.39, 0.29) is 17.4 Å². The van der Waals surface area contributed by atoms with Crippen molar-refractivity contribution in [3.8, 4) is 0 Å². The fraction of sp³-hybridized carbons (Fsp3) is 0.579. The van der Waals surface area contributed by atoms with Crippen LogP contribution >= 0.6 is 11.6 Å². The van der Waals surface area contributed by atoms with Crippen LogP contribution in [0.15, 0.2) is 24.3 Å². The second kappa shape index (κ2) is 7.55. The second-order valence-corrected chi connectivity index (χ2v) is 8.70. The van der Waals surface area contributed by atoms with E-state index in [1.165, 1.54) is 0 Å². The number of piperidine rings is 1. The third-order valence-corrected chi connectivity index (χ3v) is 4.97. The predicted octanol–water partition coefficient (Wildman–Crippen LogP) is 1.95. The van der Waals surface area contributed by atoms with E-state index in [4.69, 9.17) is 11.6 Å². The SMILES string of the molecule is CC(C)(C)NC(=O)CN1C2CC1CN(CC(=O)Nc1cccc(Cl)c1)C2. The number of amides is 2. The van der Waals surface area contributed by atoms with Gasteiger partial charge in [-0.25, -0.2) is 0 Å². The minimum atomic E-state index is -0.207. The Kier molecular flexibility index (Phi) is 5.55. The molecule has 3 fully saturated rings. The summed E-state index contributed by atoms with van der Waals surface area (Å²) in [6, 6.07) is 7.88. The first-order valence-corrected chi connectivity index (χ1v) is 9.42. The lowest BCUT2D eigenvalue weighted by molar-refractivity contribution is -0.134. The topological polar surface area (TPSA) is 64.7 Å². The van der Waals surface area contributed by atoms with Crippen molar-refractivity contribution in [2.45, 2.75) is 44.8 Å². The molecule has 26 heavy (non-hydrogen) atoms. The van der Waals surface area contributed by atoms with Gasteiger partial charge in [-0.1, -0.05) is 17.7 Å². The van der Waals surface area contributed by atoms with Gasteiger partial charge in [-0.3, -0.25) is 19.4 Å². The minimum Gasteiger partial charge on any atom is -0.350 e. The average Bonchev–Trinajstić information content (AvgIpc) is 2.51. The van der Waals surface area contributed by atoms with Crippen LogP contribution in [0.3, 0.4) is 0 Å². The lowest BCUT2D eigenvalue weighted by Gasteiger charge is -2.56. The van der Waals surface area contributed by atoms with Crippen molar-refractivity contribution in [3.63, 3.8) is 0 Å². The largest absolute Gasteiger partial charge is 0.350 e. The molecule has 2 atom stereocenters. The van der Waals surface area contributed by atoms with Crippen LogP contribution in [0.2, 0.25) is 5.02 Å². The number of halogens is 1. The van der Waals surface area contributed by atoms with Crippen molar-refractivity contribution < 1.29 is 9.59 Å². The maximum atomic E-state index is 12.3. The van der Waals surface area contributed by atoms with Crippen LogP contribution in [-0.2, 0) is 9.59 Å². The second-order valence-electron chi connectivity index (χ2n) is 8.27. The first-order valence-electron chi connectivity index (χ1n) is 9.04. The molecule has 0 aromatic heterocycles. The molecular formula is C19H27ClN4O2. The summed E-state index contributed by atoms with van der Waals surface area (Å²) in [4.78, 5) is 28.8. The number of rotatable bonds is 5. The highest BCUT2D eigenvalue weighted by Crippen LogP contribution is 2.31. The Morgan fingerprint density at radius 2 is 1.85 bits per heavy atom. The zero-order valence-electron chi connectivity index (χ0n) is 15.6. The molecule has 2 amide bonds. The minimum absolute atomic E-state index is 0.0365. The fourth-order valence-electron chi connectivity index (χ4n) is 3.76. The van der Waals surface area contributed by atoms with Crippen molar-refractivity contribution in [1.29, 1.82) is 0 Å². The quantitative estimate of drug-likeness (QED) is 0.822. The molecular weight excluding hydrogens is 352 g/mol. The van der Waals surface area contributed by atoms with Gasteiger partial charge in [-0.05, 0) is 45.4 Å². The van der Waals surface area contributed by atoms with E-state index >= 15 is 0 Å². The molecule has 3 aliphatic rings. The summed E-state index contributed by atoms with van der Waals surface area (Å²) >= 11 is 5.94. The number of anilines is 1. The fourth-order valence-corrected chi connectivity index (χ4v) is 3.95. The summed E-state index contributed by atoms with van der Waals surface area (Å²) in [6.45, 7) is 8.41. The van der Waals surface area contributed by atoms with Crippen LogP contribution in [-0.4, -0.2) is 65.4 Å². The first-order chi connectivity index (χ1) is 12.2. The molecule has 0 spiro atoms. The van der Waals surface area contributed by atoms with E-state index in [2.05, 4.69) is 20.4 Å². The van der Waals surface area contributed by atoms with E-state index in [1.54, 1.807) is 12.1 Å². The third-order valence-electron chi connectivity index (χ3n) is 4.74. The van der Waals surface area contributed by atoms with Gasteiger partial charge in [-0.2, -0.15) is 0 Å². The number of hydrogen-bond acceptors (Lipinski definition) is 4. The molecule has 0 aliphatic carbocycles. The van der Waals surface area contributed by atoms with E-state index < -0.39 is 0 Å². The van der Waals surface area contributed by atoms with Crippen LogP contribution in [0.4, 0.5) is 5.69 Å². The normalized spacial score (nSPS) is 23.2. The highest BCUT2D eigenvalue weighted by molar-refractivity contribution is 6.30. The Balaban J connectivity index is 1.45. The zero-order valence-corrected chi connectivity index (χ0v) is 16.3. The molecule has 1 aromatic rings. The Bertz CT molecular complexity index is 676. The van der Waals surface area contributed by atoms with Gasteiger partial charge in [0.15, 0.2) is 0 Å². The van der Waals surface area contributed by atoms with Gasteiger partial charge in [0.05, 0.1) is 13.1 Å². The van der Waals surface area contributed by atoms with Crippen molar-refractivity contribution in [2.75, 3.05) is 31.5 Å². The highest BCUT2D eigenvalue weighted by atomic mass is 35.5. The van der Waals surface area contributed by atoms with Crippen LogP contribution in [0.5, 0.6) is 0 Å². The van der Waals surface area contributed by atoms with Crippen LogP contribution < -0.4 is 10.6 Å². The Hall–Kier alpha value is -1.63. The van der Waals surface area contributed by atoms with E-state index in [0.29, 0.717) is 35.9 Å². The maximum Gasteiger partial charge on any atom is 0.238 e. The van der Waals surface area contributed by atoms with Gasteiger partial charge in [0.25, 0.3) is 0 Å². The number of benzene rings is 1. The monoisotopic (exact) mass is 378 g/mol. The summed E-state index contributed by atoms with van der Waals surface area (Å²) in [7, 11) is 0. The van der Waals surface area contributed by atoms with Crippen molar-refractivity contribution in [2.24, 2.45) is 0 Å². The number of fused-ring (bicyclic) bond motifs is 2. The smallest absolute Gasteiger partial charge is 0.238 e. The molecule has 4 rings (SSSR count). The van der Waals surface area contributed by atoms with Gasteiger partial charge in [0.2, 0.25) is 11.8 Å². The number of carbonyl (C=O) groups is 2. The Labute approximate surface area is 159 Å². The Morgan fingerprint density at radius 3 is 2.46 bits per heavy atom.